The highest BCUT2D eigenvalue weighted by atomic mass is 19.4. The second kappa shape index (κ2) is 6.84. The Morgan fingerprint density at radius 1 is 1.12 bits per heavy atom. The van der Waals surface area contributed by atoms with Crippen LogP contribution < -0.4 is 4.90 Å². The monoisotopic (exact) mass is 345 g/mol. The topological polar surface area (TPSA) is 69.5 Å². The molecule has 0 radical (unpaired) electrons. The van der Waals surface area contributed by atoms with E-state index in [1.165, 1.54) is 0 Å². The minimum absolute atomic E-state index is 0.0361. The van der Waals surface area contributed by atoms with Crippen molar-refractivity contribution in [1.82, 2.24) is 9.97 Å². The van der Waals surface area contributed by atoms with E-state index in [2.05, 4.69) is 9.97 Å². The van der Waals surface area contributed by atoms with E-state index in [0.29, 0.717) is 44.5 Å². The Labute approximate surface area is 138 Å². The van der Waals surface area contributed by atoms with Crippen LogP contribution in [0.2, 0.25) is 0 Å². The molecular formula is C16H22F3N3O2. The summed E-state index contributed by atoms with van der Waals surface area (Å²) in [5.41, 5.74) is -0.0149. The third-order valence-electron chi connectivity index (χ3n) is 4.99. The highest BCUT2D eigenvalue weighted by Crippen LogP contribution is 2.36. The lowest BCUT2D eigenvalue weighted by Crippen LogP contribution is -2.40. The highest BCUT2D eigenvalue weighted by molar-refractivity contribution is 5.40. The zero-order chi connectivity index (χ0) is 17.3. The molecule has 0 spiro atoms. The van der Waals surface area contributed by atoms with E-state index in [0.717, 1.165) is 12.8 Å². The molecule has 3 rings (SSSR count). The fraction of sp³-hybridized carbons (Fsp3) is 0.750. The van der Waals surface area contributed by atoms with Crippen LogP contribution in [0.25, 0.3) is 0 Å². The lowest BCUT2D eigenvalue weighted by atomic mass is 9.91. The Balaban J connectivity index is 1.84. The van der Waals surface area contributed by atoms with Crippen LogP contribution in [0.15, 0.2) is 0 Å². The van der Waals surface area contributed by atoms with Gasteiger partial charge in [0, 0.05) is 24.3 Å². The van der Waals surface area contributed by atoms with E-state index in [1.807, 2.05) is 0 Å². The maximum Gasteiger partial charge on any atom is 0.433 e. The van der Waals surface area contributed by atoms with Crippen LogP contribution in [0.4, 0.5) is 19.1 Å². The molecule has 1 fully saturated rings. The van der Waals surface area contributed by atoms with Gasteiger partial charge in [-0.3, -0.25) is 0 Å². The molecule has 134 valence electrons. The van der Waals surface area contributed by atoms with E-state index >= 15 is 0 Å². The molecule has 1 aliphatic heterocycles. The Morgan fingerprint density at radius 2 is 1.79 bits per heavy atom. The van der Waals surface area contributed by atoms with Crippen LogP contribution in [-0.4, -0.2) is 46.0 Å². The summed E-state index contributed by atoms with van der Waals surface area (Å²) in [5, 5.41) is 18.7. The van der Waals surface area contributed by atoms with E-state index in [1.54, 1.807) is 4.90 Å². The normalized spacial score (nSPS) is 20.8. The summed E-state index contributed by atoms with van der Waals surface area (Å²) >= 11 is 0. The highest BCUT2D eigenvalue weighted by Gasteiger charge is 2.38. The minimum Gasteiger partial charge on any atom is -0.394 e. The fourth-order valence-electron chi connectivity index (χ4n) is 3.59. The van der Waals surface area contributed by atoms with Crippen molar-refractivity contribution >= 4 is 5.95 Å². The molecule has 0 aromatic carbocycles. The first kappa shape index (κ1) is 17.4. The number of nitrogens with zero attached hydrogens (tertiary/aromatic N) is 3. The van der Waals surface area contributed by atoms with Gasteiger partial charge in [0.1, 0.15) is 0 Å². The average molecular weight is 345 g/mol. The largest absolute Gasteiger partial charge is 0.433 e. The van der Waals surface area contributed by atoms with E-state index in [4.69, 9.17) is 5.11 Å². The molecule has 0 bridgehead atoms. The summed E-state index contributed by atoms with van der Waals surface area (Å²) < 4.78 is 40.1. The molecule has 1 saturated heterocycles. The molecule has 24 heavy (non-hydrogen) atoms. The van der Waals surface area contributed by atoms with Gasteiger partial charge in [-0.15, -0.1) is 0 Å². The standard InChI is InChI=1S/C16H22F3N3O2/c17-16(18,19)14-11-3-1-2-4-12(11)20-15(21-14)22-7-5-10(6-8-22)13(24)9-23/h10,13,23-24H,1-9H2. The third-order valence-corrected chi connectivity index (χ3v) is 4.99. The molecule has 1 unspecified atom stereocenters. The van der Waals surface area contributed by atoms with Crippen LogP contribution in [0, 0.1) is 5.92 Å². The first-order valence-electron chi connectivity index (χ1n) is 8.41. The minimum atomic E-state index is -4.47. The number of fused-ring (bicyclic) bond motifs is 1. The number of alkyl halides is 3. The number of hydrogen-bond donors (Lipinski definition) is 2. The summed E-state index contributed by atoms with van der Waals surface area (Å²) in [7, 11) is 0. The van der Waals surface area contributed by atoms with Crippen molar-refractivity contribution < 1.29 is 23.4 Å². The fourth-order valence-corrected chi connectivity index (χ4v) is 3.59. The summed E-state index contributed by atoms with van der Waals surface area (Å²) in [6.07, 6.45) is -1.50. The van der Waals surface area contributed by atoms with Crippen molar-refractivity contribution in [2.75, 3.05) is 24.6 Å². The average Bonchev–Trinajstić information content (AvgIpc) is 2.59. The second-order valence-corrected chi connectivity index (χ2v) is 6.58. The molecule has 1 atom stereocenters. The van der Waals surface area contributed by atoms with Gasteiger partial charge in [0.2, 0.25) is 5.95 Å². The Morgan fingerprint density at radius 3 is 2.42 bits per heavy atom. The summed E-state index contributed by atoms with van der Waals surface area (Å²) in [5.74, 6) is 0.103. The molecule has 1 aromatic rings. The first-order chi connectivity index (χ1) is 11.4. The molecule has 2 aliphatic rings. The van der Waals surface area contributed by atoms with Crippen LogP contribution in [0.1, 0.15) is 42.6 Å². The zero-order valence-corrected chi connectivity index (χ0v) is 13.4. The maximum absolute atomic E-state index is 13.4. The summed E-state index contributed by atoms with van der Waals surface area (Å²) in [6.45, 7) is 0.674. The van der Waals surface area contributed by atoms with Gasteiger partial charge in [-0.1, -0.05) is 0 Å². The molecule has 0 amide bonds. The molecule has 8 heteroatoms. The number of aromatic nitrogens is 2. The van der Waals surface area contributed by atoms with Crippen LogP contribution in [-0.2, 0) is 19.0 Å². The molecule has 1 aromatic heterocycles. The summed E-state index contributed by atoms with van der Waals surface area (Å²) in [4.78, 5) is 10.0. The van der Waals surface area contributed by atoms with Gasteiger partial charge < -0.3 is 15.1 Å². The molecule has 5 nitrogen and oxygen atoms in total. The van der Waals surface area contributed by atoms with E-state index in [-0.39, 0.29) is 24.0 Å². The van der Waals surface area contributed by atoms with Crippen molar-refractivity contribution in [1.29, 1.82) is 0 Å². The third kappa shape index (κ3) is 3.49. The lowest BCUT2D eigenvalue weighted by Gasteiger charge is -2.34. The molecule has 2 N–H and O–H groups in total. The molecule has 2 heterocycles. The van der Waals surface area contributed by atoms with Crippen molar-refractivity contribution in [3.8, 4) is 0 Å². The number of halogens is 3. The summed E-state index contributed by atoms with van der Waals surface area (Å²) in [6, 6.07) is 0. The van der Waals surface area contributed by atoms with E-state index < -0.39 is 18.0 Å². The Hall–Kier alpha value is -1.41. The number of rotatable bonds is 3. The van der Waals surface area contributed by atoms with Crippen molar-refractivity contribution in [3.05, 3.63) is 17.0 Å². The predicted octanol–water partition coefficient (Wildman–Crippen LogP) is 1.94. The van der Waals surface area contributed by atoms with Crippen molar-refractivity contribution in [3.63, 3.8) is 0 Å². The number of piperidine rings is 1. The van der Waals surface area contributed by atoms with Gasteiger partial charge in [0.15, 0.2) is 5.69 Å². The van der Waals surface area contributed by atoms with Gasteiger partial charge in [0.25, 0.3) is 0 Å². The Bertz CT molecular complexity index is 587. The number of aliphatic hydroxyl groups excluding tert-OH is 2. The van der Waals surface area contributed by atoms with Gasteiger partial charge in [-0.05, 0) is 44.4 Å². The van der Waals surface area contributed by atoms with Crippen LogP contribution >= 0.6 is 0 Å². The van der Waals surface area contributed by atoms with Crippen molar-refractivity contribution in [2.24, 2.45) is 5.92 Å². The van der Waals surface area contributed by atoms with Gasteiger partial charge >= 0.3 is 6.18 Å². The molecule has 0 saturated carbocycles. The van der Waals surface area contributed by atoms with Crippen LogP contribution in [0.3, 0.4) is 0 Å². The van der Waals surface area contributed by atoms with Gasteiger partial charge in [0.05, 0.1) is 12.7 Å². The van der Waals surface area contributed by atoms with E-state index in [9.17, 15) is 18.3 Å². The number of aliphatic hydroxyl groups is 2. The lowest BCUT2D eigenvalue weighted by molar-refractivity contribution is -0.142. The molecular weight excluding hydrogens is 323 g/mol. The number of aryl methyl sites for hydroxylation is 1. The molecule has 1 aliphatic carbocycles. The number of anilines is 1. The maximum atomic E-state index is 13.4. The second-order valence-electron chi connectivity index (χ2n) is 6.58. The number of hydrogen-bond acceptors (Lipinski definition) is 5. The smallest absolute Gasteiger partial charge is 0.394 e. The first-order valence-corrected chi connectivity index (χ1v) is 8.41. The quantitative estimate of drug-likeness (QED) is 0.876. The van der Waals surface area contributed by atoms with Crippen LogP contribution in [0.5, 0.6) is 0 Å². The SMILES string of the molecule is OCC(O)C1CCN(c2nc3c(c(C(F)(F)F)n2)CCCC3)CC1. The van der Waals surface area contributed by atoms with Gasteiger partial charge in [-0.25, -0.2) is 9.97 Å². The predicted molar refractivity (Wildman–Crippen MR) is 81.7 cm³/mol. The Kier molecular flexibility index (Phi) is 4.96. The van der Waals surface area contributed by atoms with Gasteiger partial charge in [-0.2, -0.15) is 13.2 Å². The zero-order valence-electron chi connectivity index (χ0n) is 13.4. The van der Waals surface area contributed by atoms with Crippen molar-refractivity contribution in [2.45, 2.75) is 50.8 Å².